The zero-order valence-electron chi connectivity index (χ0n) is 19.2. The smallest absolute Gasteiger partial charge is 0.396 e. The molecule has 3 rings (SSSR count). The highest BCUT2D eigenvalue weighted by molar-refractivity contribution is 7.91. The second-order valence-electron chi connectivity index (χ2n) is 8.02. The van der Waals surface area contributed by atoms with Gasteiger partial charge in [0, 0.05) is 25.0 Å². The van der Waals surface area contributed by atoms with Gasteiger partial charge in [-0.05, 0) is 49.2 Å². The highest BCUT2D eigenvalue weighted by Crippen LogP contribution is 2.42. The van der Waals surface area contributed by atoms with Crippen molar-refractivity contribution in [3.63, 3.8) is 0 Å². The van der Waals surface area contributed by atoms with Gasteiger partial charge in [-0.15, -0.1) is 0 Å². The summed E-state index contributed by atoms with van der Waals surface area (Å²) in [7, 11) is -2.71. The van der Waals surface area contributed by atoms with Gasteiger partial charge in [0.15, 0.2) is 9.84 Å². The molecule has 0 aliphatic carbocycles. The number of aliphatic hydroxyl groups is 1. The molecule has 1 atom stereocenters. The largest absolute Gasteiger partial charge is 0.416 e. The minimum atomic E-state index is -4.65. The first-order valence-corrected chi connectivity index (χ1v) is 12.2. The lowest BCUT2D eigenvalue weighted by Gasteiger charge is -2.40. The van der Waals surface area contributed by atoms with Crippen molar-refractivity contribution in [2.24, 2.45) is 0 Å². The number of carbonyl (C=O) groups excluding carboxylic acids is 1. The first kappa shape index (κ1) is 26.7. The normalized spacial score (nSPS) is 16.7. The zero-order valence-corrected chi connectivity index (χ0v) is 20.1. The maximum atomic E-state index is 13.4. The van der Waals surface area contributed by atoms with Crippen LogP contribution in [0.3, 0.4) is 0 Å². The molecule has 0 saturated heterocycles. The average Bonchev–Trinajstić information content (AvgIpc) is 2.84. The summed E-state index contributed by atoms with van der Waals surface area (Å²) in [6, 6.07) is 7.87. The van der Waals surface area contributed by atoms with Crippen LogP contribution in [0.25, 0.3) is 4.85 Å². The lowest BCUT2D eigenvalue weighted by atomic mass is 9.97. The quantitative estimate of drug-likeness (QED) is 0.567. The summed E-state index contributed by atoms with van der Waals surface area (Å²) in [5.41, 5.74) is -0.995. The molecular formula is C24H21F3N4O4S. The molecule has 1 N–H and O–H groups in total. The number of nitrogens with zero attached hydrogens (tertiary/aromatic N) is 4. The molecule has 0 bridgehead atoms. The van der Waals surface area contributed by atoms with Gasteiger partial charge in [-0.3, -0.25) is 4.90 Å². The number of hydrogen-bond donors (Lipinski definition) is 1. The van der Waals surface area contributed by atoms with Crippen LogP contribution >= 0.6 is 0 Å². The monoisotopic (exact) mass is 518 g/mol. The predicted octanol–water partition coefficient (Wildman–Crippen LogP) is 4.50. The zero-order chi connectivity index (χ0) is 26.8. The molecule has 0 saturated carbocycles. The number of halogens is 3. The van der Waals surface area contributed by atoms with E-state index in [0.29, 0.717) is 0 Å². The molecule has 0 unspecified atom stereocenters. The van der Waals surface area contributed by atoms with Crippen molar-refractivity contribution in [1.29, 1.82) is 5.26 Å². The van der Waals surface area contributed by atoms with Crippen LogP contribution in [-0.4, -0.2) is 43.9 Å². The maximum absolute atomic E-state index is 13.4. The van der Waals surface area contributed by atoms with E-state index in [0.717, 1.165) is 34.1 Å². The Hall–Kier alpha value is -3.87. The first-order chi connectivity index (χ1) is 16.9. The minimum Gasteiger partial charge on any atom is -0.396 e. The maximum Gasteiger partial charge on any atom is 0.416 e. The Labute approximate surface area is 206 Å². The number of aliphatic hydroxyl groups excluding tert-OH is 1. The molecule has 1 aliphatic rings. The molecule has 8 nitrogen and oxygen atoms in total. The number of amides is 2. The fourth-order valence-corrected chi connectivity index (χ4v) is 5.57. The van der Waals surface area contributed by atoms with Gasteiger partial charge in [-0.25, -0.2) is 18.1 Å². The van der Waals surface area contributed by atoms with Gasteiger partial charge in [-0.2, -0.15) is 18.4 Å². The SMILES string of the molecule is [C-]#[N+]C1=C(C)N(c2cccc(C(F)(F)F)c2)C(=O)N(C)[C@@H]1c1ccc(C#N)cc1S(=O)(=O)CCCO. The van der Waals surface area contributed by atoms with E-state index in [1.54, 1.807) is 0 Å². The van der Waals surface area contributed by atoms with Crippen molar-refractivity contribution in [2.75, 3.05) is 24.3 Å². The van der Waals surface area contributed by atoms with Gasteiger partial charge < -0.3 is 10.0 Å². The molecule has 2 aromatic carbocycles. The number of rotatable bonds is 6. The number of allylic oxidation sites excluding steroid dienone is 1. The topological polar surface area (TPSA) is 106 Å². The van der Waals surface area contributed by atoms with Crippen LogP contribution < -0.4 is 4.90 Å². The lowest BCUT2D eigenvalue weighted by Crippen LogP contribution is -2.47. The molecule has 1 aliphatic heterocycles. The Morgan fingerprint density at radius 1 is 1.22 bits per heavy atom. The summed E-state index contributed by atoms with van der Waals surface area (Å²) in [6.07, 6.45) is -4.71. The Morgan fingerprint density at radius 3 is 2.50 bits per heavy atom. The molecule has 1 heterocycles. The number of anilines is 1. The Kier molecular flexibility index (Phi) is 7.43. The van der Waals surface area contributed by atoms with Crippen LogP contribution in [0.15, 0.2) is 58.8 Å². The van der Waals surface area contributed by atoms with Gasteiger partial charge in [-0.1, -0.05) is 12.1 Å². The van der Waals surface area contributed by atoms with Crippen molar-refractivity contribution in [2.45, 2.75) is 30.5 Å². The Morgan fingerprint density at radius 2 is 1.92 bits per heavy atom. The average molecular weight is 519 g/mol. The Balaban J connectivity index is 2.23. The molecule has 2 amide bonds. The van der Waals surface area contributed by atoms with Gasteiger partial charge in [0.1, 0.15) is 0 Å². The highest BCUT2D eigenvalue weighted by atomic mass is 32.2. The molecule has 188 valence electrons. The molecule has 0 radical (unpaired) electrons. The minimum absolute atomic E-state index is 0.0421. The van der Waals surface area contributed by atoms with Crippen LogP contribution in [0.2, 0.25) is 0 Å². The van der Waals surface area contributed by atoms with Crippen LogP contribution in [0.5, 0.6) is 0 Å². The number of nitriles is 1. The van der Waals surface area contributed by atoms with E-state index in [-0.39, 0.29) is 46.1 Å². The van der Waals surface area contributed by atoms with E-state index in [1.165, 1.54) is 32.2 Å². The number of benzene rings is 2. The Bertz CT molecular complexity index is 1420. The summed E-state index contributed by atoms with van der Waals surface area (Å²) in [4.78, 5) is 18.7. The van der Waals surface area contributed by atoms with E-state index in [2.05, 4.69) is 4.85 Å². The van der Waals surface area contributed by atoms with Crippen molar-refractivity contribution < 1.29 is 31.5 Å². The number of likely N-dealkylation sites (N-methyl/N-ethyl adjacent to an activating group) is 1. The standard InChI is InChI=1S/C24H21F3N4O4S/c1-15-21(29-2)22(19-9-8-16(14-28)12-20(19)36(34,35)11-5-10-32)30(3)23(33)31(15)18-7-4-6-17(13-18)24(25,26)27/h4,6-9,12-13,22,32H,5,10-11H2,1,3H3/t22-/m1/s1. The van der Waals surface area contributed by atoms with Crippen LogP contribution in [-0.2, 0) is 16.0 Å². The number of alkyl halides is 3. The fraction of sp³-hybridized carbons (Fsp3) is 0.292. The van der Waals surface area contributed by atoms with E-state index < -0.39 is 39.4 Å². The molecule has 2 aromatic rings. The summed E-state index contributed by atoms with van der Waals surface area (Å²) in [5.74, 6) is -0.428. The number of sulfone groups is 1. The fourth-order valence-electron chi connectivity index (χ4n) is 3.99. The van der Waals surface area contributed by atoms with Crippen LogP contribution in [0, 0.1) is 17.9 Å². The molecule has 0 aromatic heterocycles. The van der Waals surface area contributed by atoms with E-state index in [1.807, 2.05) is 6.07 Å². The number of hydrogen-bond acceptors (Lipinski definition) is 5. The third-order valence-electron chi connectivity index (χ3n) is 5.74. The van der Waals surface area contributed by atoms with Gasteiger partial charge >= 0.3 is 12.2 Å². The summed E-state index contributed by atoms with van der Waals surface area (Å²) in [6.45, 7) is 8.78. The molecule has 36 heavy (non-hydrogen) atoms. The molecule has 12 heteroatoms. The third kappa shape index (κ3) is 4.91. The van der Waals surface area contributed by atoms with E-state index in [9.17, 15) is 31.6 Å². The summed E-state index contributed by atoms with van der Waals surface area (Å²) in [5, 5.41) is 18.4. The first-order valence-electron chi connectivity index (χ1n) is 10.6. The molecule has 0 fully saturated rings. The predicted molar refractivity (Wildman–Crippen MR) is 124 cm³/mol. The summed E-state index contributed by atoms with van der Waals surface area (Å²) >= 11 is 0. The molecular weight excluding hydrogens is 497 g/mol. The van der Waals surface area contributed by atoms with Crippen molar-refractivity contribution >= 4 is 21.6 Å². The molecule has 0 spiro atoms. The van der Waals surface area contributed by atoms with Crippen molar-refractivity contribution in [3.05, 3.63) is 82.0 Å². The third-order valence-corrected chi connectivity index (χ3v) is 7.59. The highest BCUT2D eigenvalue weighted by Gasteiger charge is 2.41. The van der Waals surface area contributed by atoms with Crippen molar-refractivity contribution in [1.82, 2.24) is 4.90 Å². The van der Waals surface area contributed by atoms with Gasteiger partial charge in [0.05, 0.1) is 40.5 Å². The number of carbonyl (C=O) groups is 1. The lowest BCUT2D eigenvalue weighted by molar-refractivity contribution is -0.137. The second kappa shape index (κ2) is 10.0. The van der Waals surface area contributed by atoms with E-state index in [4.69, 9.17) is 11.7 Å². The van der Waals surface area contributed by atoms with Gasteiger partial charge in [0.2, 0.25) is 5.70 Å². The second-order valence-corrected chi connectivity index (χ2v) is 10.1. The van der Waals surface area contributed by atoms with Gasteiger partial charge in [0.25, 0.3) is 0 Å². The van der Waals surface area contributed by atoms with Crippen LogP contribution in [0.4, 0.5) is 23.7 Å². The number of urea groups is 1. The van der Waals surface area contributed by atoms with E-state index >= 15 is 0 Å². The van der Waals surface area contributed by atoms with Crippen LogP contribution in [0.1, 0.15) is 36.1 Å². The summed E-state index contributed by atoms with van der Waals surface area (Å²) < 4.78 is 65.9. The van der Waals surface area contributed by atoms with Crippen molar-refractivity contribution in [3.8, 4) is 6.07 Å².